The van der Waals surface area contributed by atoms with Gasteiger partial charge in [-0.1, -0.05) is 64.5 Å². The molecule has 4 aromatic carbocycles. The van der Waals surface area contributed by atoms with Crippen molar-refractivity contribution in [2.75, 3.05) is 12.4 Å². The largest absolute Gasteiger partial charge is 0.493 e. The van der Waals surface area contributed by atoms with E-state index in [0.29, 0.717) is 13.2 Å². The van der Waals surface area contributed by atoms with Gasteiger partial charge in [-0.2, -0.15) is 0 Å². The van der Waals surface area contributed by atoms with Crippen LogP contribution in [-0.2, 0) is 13.2 Å². The smallest absolute Gasteiger partial charge is 0.161 e. The molecule has 3 nitrogen and oxygen atoms in total. The van der Waals surface area contributed by atoms with Crippen LogP contribution in [-0.4, -0.2) is 7.11 Å². The van der Waals surface area contributed by atoms with Crippen molar-refractivity contribution >= 4 is 32.4 Å². The van der Waals surface area contributed by atoms with E-state index in [1.54, 1.807) is 7.11 Å². The molecule has 0 aliphatic carbocycles. The van der Waals surface area contributed by atoms with E-state index in [-0.39, 0.29) is 0 Å². The Labute approximate surface area is 185 Å². The van der Waals surface area contributed by atoms with Crippen LogP contribution in [0.2, 0.25) is 0 Å². The molecule has 0 saturated heterocycles. The minimum Gasteiger partial charge on any atom is -0.493 e. The molecule has 0 spiro atoms. The van der Waals surface area contributed by atoms with Gasteiger partial charge in [0.25, 0.3) is 0 Å². The van der Waals surface area contributed by atoms with Gasteiger partial charge < -0.3 is 14.8 Å². The number of hydrogen-bond donors (Lipinski definition) is 1. The molecule has 4 aromatic rings. The van der Waals surface area contributed by atoms with E-state index in [0.717, 1.165) is 32.8 Å². The lowest BCUT2D eigenvalue weighted by molar-refractivity contribution is 0.285. The molecule has 0 radical (unpaired) electrons. The summed E-state index contributed by atoms with van der Waals surface area (Å²) in [7, 11) is 1.68. The summed E-state index contributed by atoms with van der Waals surface area (Å²) in [5.74, 6) is 1.48. The van der Waals surface area contributed by atoms with Crippen LogP contribution in [0.1, 0.15) is 16.7 Å². The molecule has 0 aromatic heterocycles. The van der Waals surface area contributed by atoms with Crippen molar-refractivity contribution in [2.24, 2.45) is 0 Å². The summed E-state index contributed by atoms with van der Waals surface area (Å²) >= 11 is 3.51. The molecular weight excluding hydrogens is 438 g/mol. The van der Waals surface area contributed by atoms with Gasteiger partial charge >= 0.3 is 0 Å². The molecule has 0 saturated carbocycles. The van der Waals surface area contributed by atoms with Crippen LogP contribution in [0.15, 0.2) is 83.3 Å². The van der Waals surface area contributed by atoms with Crippen molar-refractivity contribution < 1.29 is 9.47 Å². The molecule has 0 aliphatic rings. The minimum absolute atomic E-state index is 0.493. The number of hydrogen-bond acceptors (Lipinski definition) is 3. The van der Waals surface area contributed by atoms with Gasteiger partial charge in [0.2, 0.25) is 0 Å². The van der Waals surface area contributed by atoms with Gasteiger partial charge in [-0.25, -0.2) is 0 Å². The Hall–Kier alpha value is -2.98. The zero-order chi connectivity index (χ0) is 20.9. The molecule has 0 aliphatic heterocycles. The van der Waals surface area contributed by atoms with Crippen molar-refractivity contribution in [2.45, 2.75) is 20.1 Å². The Balaban J connectivity index is 1.47. The predicted octanol–water partition coefficient (Wildman–Crippen LogP) is 7.11. The van der Waals surface area contributed by atoms with Crippen LogP contribution in [0.3, 0.4) is 0 Å². The van der Waals surface area contributed by atoms with Gasteiger partial charge in [0, 0.05) is 16.7 Å². The summed E-state index contributed by atoms with van der Waals surface area (Å²) in [6.45, 7) is 3.30. The number of rotatable bonds is 7. The Kier molecular flexibility index (Phi) is 6.24. The fourth-order valence-corrected chi connectivity index (χ4v) is 4.01. The third kappa shape index (κ3) is 4.60. The molecule has 0 bridgehead atoms. The predicted molar refractivity (Wildman–Crippen MR) is 127 cm³/mol. The molecule has 30 heavy (non-hydrogen) atoms. The molecular formula is C26H24BrNO2. The van der Waals surface area contributed by atoms with Crippen LogP contribution >= 0.6 is 15.9 Å². The van der Waals surface area contributed by atoms with Gasteiger partial charge in [0.05, 0.1) is 7.11 Å². The van der Waals surface area contributed by atoms with Crippen LogP contribution in [0, 0.1) is 6.92 Å². The van der Waals surface area contributed by atoms with E-state index in [4.69, 9.17) is 9.47 Å². The maximum atomic E-state index is 6.12. The Morgan fingerprint density at radius 1 is 0.867 bits per heavy atom. The minimum atomic E-state index is 0.493. The number of nitrogens with one attached hydrogen (secondary N) is 1. The number of aryl methyl sites for hydroxylation is 1. The maximum absolute atomic E-state index is 6.12. The Bertz CT molecular complexity index is 1170. The fourth-order valence-electron chi connectivity index (χ4n) is 3.54. The quantitative estimate of drug-likeness (QED) is 0.318. The SMILES string of the molecule is COc1cc(CNc2ccc(Br)cc2C)ccc1OCc1cccc2ccccc12. The van der Waals surface area contributed by atoms with E-state index >= 15 is 0 Å². The molecule has 0 atom stereocenters. The van der Waals surface area contributed by atoms with Crippen molar-refractivity contribution in [1.29, 1.82) is 0 Å². The zero-order valence-electron chi connectivity index (χ0n) is 17.1. The van der Waals surface area contributed by atoms with Crippen LogP contribution in [0.5, 0.6) is 11.5 Å². The first-order valence-electron chi connectivity index (χ1n) is 9.90. The second kappa shape index (κ2) is 9.23. The lowest BCUT2D eigenvalue weighted by Crippen LogP contribution is -2.03. The van der Waals surface area contributed by atoms with Crippen molar-refractivity contribution in [1.82, 2.24) is 0 Å². The van der Waals surface area contributed by atoms with Gasteiger partial charge in [-0.15, -0.1) is 0 Å². The van der Waals surface area contributed by atoms with Crippen molar-refractivity contribution in [3.8, 4) is 11.5 Å². The summed E-state index contributed by atoms with van der Waals surface area (Å²) in [6, 6.07) is 27.0. The van der Waals surface area contributed by atoms with E-state index in [1.165, 1.54) is 16.3 Å². The summed E-state index contributed by atoms with van der Waals surface area (Å²) in [5.41, 5.74) is 4.61. The highest BCUT2D eigenvalue weighted by Crippen LogP contribution is 2.30. The first kappa shape index (κ1) is 20.3. The number of halogens is 1. The second-order valence-electron chi connectivity index (χ2n) is 7.22. The summed E-state index contributed by atoms with van der Waals surface area (Å²) in [5, 5.41) is 5.92. The molecule has 0 unspecified atom stereocenters. The Morgan fingerprint density at radius 2 is 1.70 bits per heavy atom. The average molecular weight is 462 g/mol. The van der Waals surface area contributed by atoms with E-state index in [1.807, 2.05) is 18.2 Å². The number of methoxy groups -OCH3 is 1. The lowest BCUT2D eigenvalue weighted by Gasteiger charge is -2.14. The third-order valence-electron chi connectivity index (χ3n) is 5.16. The topological polar surface area (TPSA) is 30.5 Å². The number of benzene rings is 4. The molecule has 152 valence electrons. The molecule has 0 amide bonds. The summed E-state index contributed by atoms with van der Waals surface area (Å²) < 4.78 is 12.8. The van der Waals surface area contributed by atoms with Crippen LogP contribution in [0.25, 0.3) is 10.8 Å². The highest BCUT2D eigenvalue weighted by atomic mass is 79.9. The second-order valence-corrected chi connectivity index (χ2v) is 8.14. The first-order chi connectivity index (χ1) is 14.6. The zero-order valence-corrected chi connectivity index (χ0v) is 18.7. The average Bonchev–Trinajstić information content (AvgIpc) is 2.77. The van der Waals surface area contributed by atoms with E-state index < -0.39 is 0 Å². The summed E-state index contributed by atoms with van der Waals surface area (Å²) in [6.07, 6.45) is 0. The normalized spacial score (nSPS) is 10.8. The molecule has 4 rings (SSSR count). The molecule has 4 heteroatoms. The van der Waals surface area contributed by atoms with Gasteiger partial charge in [0.1, 0.15) is 6.61 Å². The van der Waals surface area contributed by atoms with Crippen LogP contribution < -0.4 is 14.8 Å². The number of fused-ring (bicyclic) bond motifs is 1. The fraction of sp³-hybridized carbons (Fsp3) is 0.154. The Morgan fingerprint density at radius 3 is 2.53 bits per heavy atom. The van der Waals surface area contributed by atoms with Gasteiger partial charge in [-0.3, -0.25) is 0 Å². The van der Waals surface area contributed by atoms with Crippen molar-refractivity contribution in [3.05, 3.63) is 100 Å². The third-order valence-corrected chi connectivity index (χ3v) is 5.66. The molecule has 0 heterocycles. The monoisotopic (exact) mass is 461 g/mol. The molecule has 1 N–H and O–H groups in total. The highest BCUT2D eigenvalue weighted by Gasteiger charge is 2.08. The lowest BCUT2D eigenvalue weighted by atomic mass is 10.1. The standard InChI is InChI=1S/C26H24BrNO2/c1-18-14-22(27)11-12-24(18)28-16-19-10-13-25(26(15-19)29-2)30-17-21-8-5-7-20-6-3-4-9-23(20)21/h3-15,28H,16-17H2,1-2H3. The highest BCUT2D eigenvalue weighted by molar-refractivity contribution is 9.10. The van der Waals surface area contributed by atoms with E-state index in [2.05, 4.69) is 88.8 Å². The first-order valence-corrected chi connectivity index (χ1v) is 10.7. The van der Waals surface area contributed by atoms with Crippen molar-refractivity contribution in [3.63, 3.8) is 0 Å². The van der Waals surface area contributed by atoms with Crippen LogP contribution in [0.4, 0.5) is 5.69 Å². The van der Waals surface area contributed by atoms with E-state index in [9.17, 15) is 0 Å². The maximum Gasteiger partial charge on any atom is 0.161 e. The number of anilines is 1. The summed E-state index contributed by atoms with van der Waals surface area (Å²) in [4.78, 5) is 0. The van der Waals surface area contributed by atoms with Gasteiger partial charge in [-0.05, 0) is 64.7 Å². The van der Waals surface area contributed by atoms with Gasteiger partial charge in [0.15, 0.2) is 11.5 Å². The number of ether oxygens (including phenoxy) is 2. The molecule has 0 fully saturated rings.